The van der Waals surface area contributed by atoms with Gasteiger partial charge in [0, 0.05) is 11.8 Å². The first-order valence-corrected chi connectivity index (χ1v) is 6.63. The van der Waals surface area contributed by atoms with Crippen molar-refractivity contribution in [3.05, 3.63) is 41.6 Å². The van der Waals surface area contributed by atoms with Gasteiger partial charge in [-0.3, -0.25) is 0 Å². The number of rotatable bonds is 5. The standard InChI is InChI=1S/C15H21N3O/c1-4-11(2)13-5-7-14(8-6-13)19-10-18-12(3)9-15(16)17-18/h5-9,11H,4,10H2,1-3H3,(H2,16,17). The highest BCUT2D eigenvalue weighted by molar-refractivity contribution is 5.30. The summed E-state index contributed by atoms with van der Waals surface area (Å²) in [5.74, 6) is 1.95. The zero-order valence-corrected chi connectivity index (χ0v) is 11.8. The molecule has 2 rings (SSSR count). The lowest BCUT2D eigenvalue weighted by molar-refractivity contribution is 0.218. The summed E-state index contributed by atoms with van der Waals surface area (Å²) >= 11 is 0. The minimum absolute atomic E-state index is 0.381. The van der Waals surface area contributed by atoms with Crippen molar-refractivity contribution in [2.45, 2.75) is 39.8 Å². The predicted octanol–water partition coefficient (Wildman–Crippen LogP) is 3.32. The quantitative estimate of drug-likeness (QED) is 0.896. The van der Waals surface area contributed by atoms with Crippen LogP contribution in [0.1, 0.15) is 37.4 Å². The second-order valence-electron chi connectivity index (χ2n) is 4.86. The van der Waals surface area contributed by atoms with E-state index in [9.17, 15) is 0 Å². The van der Waals surface area contributed by atoms with Crippen molar-refractivity contribution in [2.75, 3.05) is 5.73 Å². The Labute approximate surface area is 114 Å². The van der Waals surface area contributed by atoms with E-state index in [2.05, 4.69) is 31.1 Å². The van der Waals surface area contributed by atoms with Gasteiger partial charge in [0.2, 0.25) is 0 Å². The van der Waals surface area contributed by atoms with E-state index in [0.29, 0.717) is 18.5 Å². The minimum Gasteiger partial charge on any atom is -0.471 e. The van der Waals surface area contributed by atoms with Crippen LogP contribution in [0.3, 0.4) is 0 Å². The Morgan fingerprint density at radius 2 is 2.00 bits per heavy atom. The molecule has 0 aliphatic heterocycles. The lowest BCUT2D eigenvalue weighted by atomic mass is 9.99. The second-order valence-corrected chi connectivity index (χ2v) is 4.86. The number of aryl methyl sites for hydroxylation is 1. The molecule has 19 heavy (non-hydrogen) atoms. The van der Waals surface area contributed by atoms with Crippen LogP contribution < -0.4 is 10.5 Å². The lowest BCUT2D eigenvalue weighted by Gasteiger charge is -2.11. The lowest BCUT2D eigenvalue weighted by Crippen LogP contribution is -2.08. The summed E-state index contributed by atoms with van der Waals surface area (Å²) in [7, 11) is 0. The van der Waals surface area contributed by atoms with Gasteiger partial charge in [0.25, 0.3) is 0 Å². The first-order valence-electron chi connectivity index (χ1n) is 6.63. The van der Waals surface area contributed by atoms with E-state index in [-0.39, 0.29) is 0 Å². The molecule has 4 nitrogen and oxygen atoms in total. The van der Waals surface area contributed by atoms with Crippen LogP contribution in [0, 0.1) is 6.92 Å². The SMILES string of the molecule is CCC(C)c1ccc(OCn2nc(N)cc2C)cc1. The molecule has 102 valence electrons. The molecule has 0 saturated heterocycles. The molecule has 4 heteroatoms. The molecule has 2 aromatic rings. The van der Waals surface area contributed by atoms with Crippen molar-refractivity contribution in [3.63, 3.8) is 0 Å². The van der Waals surface area contributed by atoms with Crippen LogP contribution in [0.15, 0.2) is 30.3 Å². The highest BCUT2D eigenvalue weighted by atomic mass is 16.5. The predicted molar refractivity (Wildman–Crippen MR) is 77.2 cm³/mol. The van der Waals surface area contributed by atoms with Crippen LogP contribution >= 0.6 is 0 Å². The monoisotopic (exact) mass is 259 g/mol. The number of hydrogen-bond donors (Lipinski definition) is 1. The second kappa shape index (κ2) is 5.78. The van der Waals surface area contributed by atoms with Gasteiger partial charge in [0.1, 0.15) is 11.6 Å². The molecule has 0 aliphatic carbocycles. The Kier molecular flexibility index (Phi) is 4.10. The van der Waals surface area contributed by atoms with E-state index in [1.165, 1.54) is 5.56 Å². The van der Waals surface area contributed by atoms with E-state index >= 15 is 0 Å². The molecule has 0 radical (unpaired) electrons. The maximum Gasteiger partial charge on any atom is 0.181 e. The average Bonchev–Trinajstić information content (AvgIpc) is 2.74. The minimum atomic E-state index is 0.381. The highest BCUT2D eigenvalue weighted by Gasteiger charge is 2.04. The molecule has 0 aliphatic rings. The number of anilines is 1. The van der Waals surface area contributed by atoms with Crippen LogP contribution in [-0.2, 0) is 6.73 Å². The third-order valence-electron chi connectivity index (χ3n) is 3.42. The van der Waals surface area contributed by atoms with Gasteiger partial charge in [-0.15, -0.1) is 0 Å². The molecule has 0 spiro atoms. The molecule has 1 heterocycles. The van der Waals surface area contributed by atoms with Gasteiger partial charge in [0.15, 0.2) is 6.73 Å². The first kappa shape index (κ1) is 13.5. The number of aromatic nitrogens is 2. The summed E-state index contributed by atoms with van der Waals surface area (Å²) in [6.45, 7) is 6.76. The van der Waals surface area contributed by atoms with Gasteiger partial charge in [0.05, 0.1) is 0 Å². The fourth-order valence-electron chi connectivity index (χ4n) is 1.93. The fourth-order valence-corrected chi connectivity index (χ4v) is 1.93. The molecule has 1 aromatic heterocycles. The highest BCUT2D eigenvalue weighted by Crippen LogP contribution is 2.21. The van der Waals surface area contributed by atoms with Crippen LogP contribution in [0.2, 0.25) is 0 Å². The Hall–Kier alpha value is -1.97. The Morgan fingerprint density at radius 3 is 2.53 bits per heavy atom. The average molecular weight is 259 g/mol. The largest absolute Gasteiger partial charge is 0.471 e. The van der Waals surface area contributed by atoms with E-state index in [1.54, 1.807) is 4.68 Å². The van der Waals surface area contributed by atoms with Crippen molar-refractivity contribution < 1.29 is 4.74 Å². The Morgan fingerprint density at radius 1 is 1.32 bits per heavy atom. The zero-order chi connectivity index (χ0) is 13.8. The molecule has 0 bridgehead atoms. The number of ether oxygens (including phenoxy) is 1. The van der Waals surface area contributed by atoms with Gasteiger partial charge in [-0.05, 0) is 37.0 Å². The number of benzene rings is 1. The van der Waals surface area contributed by atoms with Crippen LogP contribution in [0.5, 0.6) is 5.75 Å². The van der Waals surface area contributed by atoms with Crippen LogP contribution in [0.4, 0.5) is 5.82 Å². The summed E-state index contributed by atoms with van der Waals surface area (Å²) in [5, 5.41) is 4.15. The Bertz CT molecular complexity index is 531. The van der Waals surface area contributed by atoms with Crippen molar-refractivity contribution in [1.82, 2.24) is 9.78 Å². The van der Waals surface area contributed by atoms with Crippen molar-refractivity contribution in [2.24, 2.45) is 0 Å². The van der Waals surface area contributed by atoms with Gasteiger partial charge in [-0.25, -0.2) is 4.68 Å². The van der Waals surface area contributed by atoms with Gasteiger partial charge in [-0.2, -0.15) is 5.10 Å². The Balaban J connectivity index is 1.98. The number of nitrogen functional groups attached to an aromatic ring is 1. The first-order chi connectivity index (χ1) is 9.10. The maximum absolute atomic E-state index is 5.70. The summed E-state index contributed by atoms with van der Waals surface area (Å²) in [6, 6.07) is 10.1. The number of nitrogens with two attached hydrogens (primary N) is 1. The number of hydrogen-bond acceptors (Lipinski definition) is 3. The van der Waals surface area contributed by atoms with E-state index < -0.39 is 0 Å². The smallest absolute Gasteiger partial charge is 0.181 e. The van der Waals surface area contributed by atoms with Crippen LogP contribution in [0.25, 0.3) is 0 Å². The maximum atomic E-state index is 5.70. The van der Waals surface area contributed by atoms with E-state index in [1.807, 2.05) is 25.1 Å². The summed E-state index contributed by atoms with van der Waals surface area (Å²) in [4.78, 5) is 0. The van der Waals surface area contributed by atoms with Crippen molar-refractivity contribution >= 4 is 5.82 Å². The summed E-state index contributed by atoms with van der Waals surface area (Å²) in [6.07, 6.45) is 1.14. The third-order valence-corrected chi connectivity index (χ3v) is 3.42. The van der Waals surface area contributed by atoms with Gasteiger partial charge < -0.3 is 10.5 Å². The number of nitrogens with zero attached hydrogens (tertiary/aromatic N) is 2. The topological polar surface area (TPSA) is 53.1 Å². The zero-order valence-electron chi connectivity index (χ0n) is 11.8. The molecule has 0 amide bonds. The van der Waals surface area contributed by atoms with Crippen molar-refractivity contribution in [1.29, 1.82) is 0 Å². The van der Waals surface area contributed by atoms with E-state index in [0.717, 1.165) is 17.9 Å². The molecule has 2 N–H and O–H groups in total. The van der Waals surface area contributed by atoms with E-state index in [4.69, 9.17) is 10.5 Å². The molecular formula is C15H21N3O. The van der Waals surface area contributed by atoms with Crippen molar-refractivity contribution in [3.8, 4) is 5.75 Å². The molecular weight excluding hydrogens is 238 g/mol. The molecule has 0 fully saturated rings. The van der Waals surface area contributed by atoms with Gasteiger partial charge >= 0.3 is 0 Å². The van der Waals surface area contributed by atoms with Gasteiger partial charge in [-0.1, -0.05) is 26.0 Å². The molecule has 0 saturated carbocycles. The fraction of sp³-hybridized carbons (Fsp3) is 0.400. The molecule has 1 unspecified atom stereocenters. The third kappa shape index (κ3) is 3.28. The summed E-state index contributed by atoms with van der Waals surface area (Å²) in [5.41, 5.74) is 7.97. The normalized spacial score (nSPS) is 12.4. The summed E-state index contributed by atoms with van der Waals surface area (Å²) < 4.78 is 7.45. The van der Waals surface area contributed by atoms with Crippen LogP contribution in [-0.4, -0.2) is 9.78 Å². The molecule has 1 atom stereocenters. The molecule has 1 aromatic carbocycles.